The Balaban J connectivity index is 1.85. The zero-order chi connectivity index (χ0) is 18.9. The molecule has 2 amide bonds. The number of ether oxygens (including phenoxy) is 1. The molecule has 0 aromatic heterocycles. The van der Waals surface area contributed by atoms with Gasteiger partial charge in [0.2, 0.25) is 5.91 Å². The Morgan fingerprint density at radius 3 is 2.46 bits per heavy atom. The van der Waals surface area contributed by atoms with E-state index in [0.717, 1.165) is 11.3 Å². The first-order valence-corrected chi connectivity index (χ1v) is 8.46. The fourth-order valence-corrected chi connectivity index (χ4v) is 2.55. The quantitative estimate of drug-likeness (QED) is 0.761. The molecule has 0 aliphatic rings. The minimum Gasteiger partial charge on any atom is -0.496 e. The molecule has 0 bridgehead atoms. The van der Waals surface area contributed by atoms with E-state index < -0.39 is 0 Å². The summed E-state index contributed by atoms with van der Waals surface area (Å²) in [6.07, 6.45) is 0.686. The number of methoxy groups -OCH3 is 1. The number of nitrogens with zero attached hydrogens (tertiary/aromatic N) is 1. The predicted molar refractivity (Wildman–Crippen MR) is 103 cm³/mol. The van der Waals surface area contributed by atoms with E-state index in [1.165, 1.54) is 4.90 Å². The smallest absolute Gasteiger partial charge is 0.255 e. The van der Waals surface area contributed by atoms with Crippen molar-refractivity contribution in [3.05, 3.63) is 59.7 Å². The molecule has 2 aromatic rings. The first-order valence-electron chi connectivity index (χ1n) is 8.46. The number of carbonyl (C=O) groups is 2. The molecule has 138 valence electrons. The lowest BCUT2D eigenvalue weighted by Crippen LogP contribution is -2.32. The van der Waals surface area contributed by atoms with Gasteiger partial charge in [0.05, 0.1) is 19.2 Å². The average molecular weight is 355 g/mol. The van der Waals surface area contributed by atoms with Crippen molar-refractivity contribution in [2.24, 2.45) is 0 Å². The third-order valence-corrected chi connectivity index (χ3v) is 3.91. The van der Waals surface area contributed by atoms with Crippen LogP contribution < -0.4 is 15.4 Å². The molecule has 6 nitrogen and oxygen atoms in total. The fourth-order valence-electron chi connectivity index (χ4n) is 2.55. The van der Waals surface area contributed by atoms with Crippen LogP contribution in [-0.2, 0) is 11.2 Å². The molecule has 2 aromatic carbocycles. The van der Waals surface area contributed by atoms with Crippen molar-refractivity contribution in [1.29, 1.82) is 0 Å². The minimum atomic E-state index is -0.132. The topological polar surface area (TPSA) is 70.7 Å². The standard InChI is InChI=1S/C20H25N3O3/c1-23(2)20(25)16-9-5-6-10-17(16)22-14-19(24)21-13-12-15-8-4-7-11-18(15)26-3/h4-11,22H,12-14H2,1-3H3,(H,21,24). The molecule has 0 unspecified atom stereocenters. The van der Waals surface area contributed by atoms with Gasteiger partial charge < -0.3 is 20.3 Å². The van der Waals surface area contributed by atoms with Crippen LogP contribution in [-0.4, -0.2) is 51.0 Å². The van der Waals surface area contributed by atoms with Gasteiger partial charge in [-0.25, -0.2) is 0 Å². The molecule has 0 heterocycles. The van der Waals surface area contributed by atoms with Gasteiger partial charge in [-0.3, -0.25) is 9.59 Å². The molecule has 0 atom stereocenters. The van der Waals surface area contributed by atoms with Crippen LogP contribution >= 0.6 is 0 Å². The normalized spacial score (nSPS) is 10.1. The second kappa shape index (κ2) is 9.46. The third-order valence-electron chi connectivity index (χ3n) is 3.91. The van der Waals surface area contributed by atoms with Crippen molar-refractivity contribution in [3.63, 3.8) is 0 Å². The lowest BCUT2D eigenvalue weighted by molar-refractivity contribution is -0.119. The van der Waals surface area contributed by atoms with Gasteiger partial charge in [0, 0.05) is 26.3 Å². The van der Waals surface area contributed by atoms with E-state index in [1.54, 1.807) is 39.4 Å². The second-order valence-electron chi connectivity index (χ2n) is 6.01. The highest BCUT2D eigenvalue weighted by molar-refractivity contribution is 5.99. The summed E-state index contributed by atoms with van der Waals surface area (Å²) in [5.74, 6) is 0.577. The summed E-state index contributed by atoms with van der Waals surface area (Å²) < 4.78 is 5.30. The van der Waals surface area contributed by atoms with Gasteiger partial charge >= 0.3 is 0 Å². The summed E-state index contributed by atoms with van der Waals surface area (Å²) in [4.78, 5) is 25.8. The molecule has 0 radical (unpaired) electrons. The number of benzene rings is 2. The van der Waals surface area contributed by atoms with E-state index >= 15 is 0 Å². The summed E-state index contributed by atoms with van der Waals surface area (Å²) in [7, 11) is 5.03. The van der Waals surface area contributed by atoms with Gasteiger partial charge in [0.1, 0.15) is 5.75 Å². The second-order valence-corrected chi connectivity index (χ2v) is 6.01. The Morgan fingerprint density at radius 1 is 1.04 bits per heavy atom. The van der Waals surface area contributed by atoms with Crippen LogP contribution in [0.5, 0.6) is 5.75 Å². The van der Waals surface area contributed by atoms with Gasteiger partial charge in [-0.1, -0.05) is 30.3 Å². The zero-order valence-corrected chi connectivity index (χ0v) is 15.4. The Kier molecular flexibility index (Phi) is 7.02. The molecular weight excluding hydrogens is 330 g/mol. The van der Waals surface area contributed by atoms with Gasteiger partial charge in [-0.15, -0.1) is 0 Å². The molecule has 0 saturated carbocycles. The number of carbonyl (C=O) groups excluding carboxylic acids is 2. The number of hydrogen-bond acceptors (Lipinski definition) is 4. The van der Waals surface area contributed by atoms with Crippen molar-refractivity contribution in [3.8, 4) is 5.75 Å². The van der Waals surface area contributed by atoms with Crippen LogP contribution in [0.3, 0.4) is 0 Å². The Morgan fingerprint density at radius 2 is 1.73 bits per heavy atom. The van der Waals surface area contributed by atoms with E-state index in [0.29, 0.717) is 24.2 Å². The summed E-state index contributed by atoms with van der Waals surface area (Å²) >= 11 is 0. The summed E-state index contributed by atoms with van der Waals surface area (Å²) in [6.45, 7) is 0.614. The van der Waals surface area contributed by atoms with Crippen molar-refractivity contribution < 1.29 is 14.3 Å². The van der Waals surface area contributed by atoms with Crippen LogP contribution in [0.4, 0.5) is 5.69 Å². The molecular formula is C20H25N3O3. The van der Waals surface area contributed by atoms with E-state index in [-0.39, 0.29) is 18.4 Å². The highest BCUT2D eigenvalue weighted by Crippen LogP contribution is 2.17. The molecule has 2 N–H and O–H groups in total. The molecule has 0 fully saturated rings. The van der Waals surface area contributed by atoms with Crippen molar-refractivity contribution in [2.75, 3.05) is 39.6 Å². The highest BCUT2D eigenvalue weighted by Gasteiger charge is 2.13. The molecule has 0 aliphatic carbocycles. The van der Waals surface area contributed by atoms with Crippen molar-refractivity contribution in [1.82, 2.24) is 10.2 Å². The number of hydrogen-bond donors (Lipinski definition) is 2. The van der Waals surface area contributed by atoms with E-state index in [1.807, 2.05) is 30.3 Å². The number of amides is 2. The van der Waals surface area contributed by atoms with Gasteiger partial charge in [0.25, 0.3) is 5.91 Å². The largest absolute Gasteiger partial charge is 0.496 e. The SMILES string of the molecule is COc1ccccc1CCNC(=O)CNc1ccccc1C(=O)N(C)C. The summed E-state index contributed by atoms with van der Waals surface area (Å²) in [6, 6.07) is 14.9. The first kappa shape index (κ1) is 19.3. The van der Waals surface area contributed by atoms with E-state index in [9.17, 15) is 9.59 Å². The number of rotatable bonds is 8. The maximum Gasteiger partial charge on any atom is 0.255 e. The molecule has 6 heteroatoms. The average Bonchev–Trinajstić information content (AvgIpc) is 2.66. The minimum absolute atomic E-state index is 0.101. The highest BCUT2D eigenvalue weighted by atomic mass is 16.5. The predicted octanol–water partition coefficient (Wildman–Crippen LogP) is 2.17. The first-order chi connectivity index (χ1) is 12.5. The van der Waals surface area contributed by atoms with Crippen LogP contribution in [0, 0.1) is 0 Å². The summed E-state index contributed by atoms with van der Waals surface area (Å²) in [5, 5.41) is 5.91. The maximum absolute atomic E-state index is 12.2. The van der Waals surface area contributed by atoms with Gasteiger partial charge in [-0.05, 0) is 30.2 Å². The maximum atomic E-state index is 12.2. The van der Waals surface area contributed by atoms with E-state index in [4.69, 9.17) is 4.74 Å². The number of nitrogens with one attached hydrogen (secondary N) is 2. The molecule has 0 saturated heterocycles. The Bertz CT molecular complexity index is 759. The molecule has 26 heavy (non-hydrogen) atoms. The summed E-state index contributed by atoms with van der Waals surface area (Å²) in [5.41, 5.74) is 2.23. The number of anilines is 1. The van der Waals surface area contributed by atoms with Crippen LogP contribution in [0.2, 0.25) is 0 Å². The third kappa shape index (κ3) is 5.24. The van der Waals surface area contributed by atoms with Gasteiger partial charge in [0.15, 0.2) is 0 Å². The van der Waals surface area contributed by atoms with Crippen molar-refractivity contribution >= 4 is 17.5 Å². The monoisotopic (exact) mass is 355 g/mol. The lowest BCUT2D eigenvalue weighted by Gasteiger charge is -2.15. The van der Waals surface area contributed by atoms with Crippen LogP contribution in [0.1, 0.15) is 15.9 Å². The van der Waals surface area contributed by atoms with E-state index in [2.05, 4.69) is 10.6 Å². The number of para-hydroxylation sites is 2. The molecule has 2 rings (SSSR count). The van der Waals surface area contributed by atoms with Crippen molar-refractivity contribution in [2.45, 2.75) is 6.42 Å². The fraction of sp³-hybridized carbons (Fsp3) is 0.300. The Labute approximate surface area is 154 Å². The van der Waals surface area contributed by atoms with Crippen LogP contribution in [0.25, 0.3) is 0 Å². The molecule has 0 aliphatic heterocycles. The molecule has 0 spiro atoms. The lowest BCUT2D eigenvalue weighted by atomic mass is 10.1. The van der Waals surface area contributed by atoms with Crippen LogP contribution in [0.15, 0.2) is 48.5 Å². The zero-order valence-electron chi connectivity index (χ0n) is 15.4. The Hall–Kier alpha value is -3.02. The van der Waals surface area contributed by atoms with Gasteiger partial charge in [-0.2, -0.15) is 0 Å².